The van der Waals surface area contributed by atoms with Gasteiger partial charge in [-0.25, -0.2) is 0 Å². The second-order valence-corrected chi connectivity index (χ2v) is 3.45. The van der Waals surface area contributed by atoms with Crippen LogP contribution in [-0.4, -0.2) is 21.3 Å². The lowest BCUT2D eigenvalue weighted by molar-refractivity contribution is 0.770. The van der Waals surface area contributed by atoms with Gasteiger partial charge in [0.15, 0.2) is 0 Å². The van der Waals surface area contributed by atoms with E-state index in [1.54, 1.807) is 10.9 Å². The summed E-state index contributed by atoms with van der Waals surface area (Å²) in [6.45, 7) is 0.624. The number of aryl methyl sites for hydroxylation is 1. The highest BCUT2D eigenvalue weighted by atomic mass is 15.2. The lowest BCUT2D eigenvalue weighted by atomic mass is 10.1. The summed E-state index contributed by atoms with van der Waals surface area (Å²) in [5.41, 5.74) is 8.57. The van der Waals surface area contributed by atoms with Crippen molar-refractivity contribution in [2.24, 2.45) is 12.8 Å². The molecule has 0 aromatic carbocycles. The Hall–Kier alpha value is -1.68. The van der Waals surface area contributed by atoms with E-state index in [1.807, 2.05) is 31.4 Å². The number of nitrogens with zero attached hydrogens (tertiary/aromatic N) is 3. The van der Waals surface area contributed by atoms with E-state index < -0.39 is 0 Å². The van der Waals surface area contributed by atoms with E-state index in [0.717, 1.165) is 23.4 Å². The fraction of sp³-hybridized carbons (Fsp3) is 0.273. The molecule has 0 fully saturated rings. The van der Waals surface area contributed by atoms with Crippen LogP contribution in [0.15, 0.2) is 30.6 Å². The molecule has 0 spiro atoms. The summed E-state index contributed by atoms with van der Waals surface area (Å²) in [4.78, 5) is 4.25. The molecule has 4 nitrogen and oxygen atoms in total. The van der Waals surface area contributed by atoms with E-state index in [2.05, 4.69) is 10.1 Å². The average molecular weight is 202 g/mol. The Labute approximate surface area is 88.8 Å². The van der Waals surface area contributed by atoms with Crippen LogP contribution in [0.1, 0.15) is 5.69 Å². The van der Waals surface area contributed by atoms with Crippen molar-refractivity contribution in [1.82, 2.24) is 14.8 Å². The van der Waals surface area contributed by atoms with Crippen LogP contribution < -0.4 is 5.73 Å². The van der Waals surface area contributed by atoms with E-state index in [1.165, 1.54) is 0 Å². The predicted molar refractivity (Wildman–Crippen MR) is 59.2 cm³/mol. The van der Waals surface area contributed by atoms with Gasteiger partial charge in [0.05, 0.1) is 5.69 Å². The van der Waals surface area contributed by atoms with E-state index in [9.17, 15) is 0 Å². The molecule has 4 heteroatoms. The van der Waals surface area contributed by atoms with Crippen molar-refractivity contribution in [3.63, 3.8) is 0 Å². The summed E-state index contributed by atoms with van der Waals surface area (Å²) in [6, 6.07) is 5.99. The van der Waals surface area contributed by atoms with E-state index >= 15 is 0 Å². The first-order chi connectivity index (χ1) is 7.29. The van der Waals surface area contributed by atoms with Gasteiger partial charge in [-0.05, 0) is 24.7 Å². The van der Waals surface area contributed by atoms with Gasteiger partial charge in [0.25, 0.3) is 0 Å². The fourth-order valence-electron chi connectivity index (χ4n) is 1.49. The third kappa shape index (κ3) is 2.22. The minimum Gasteiger partial charge on any atom is -0.330 e. The highest BCUT2D eigenvalue weighted by Gasteiger charge is 2.02. The zero-order valence-electron chi connectivity index (χ0n) is 8.72. The van der Waals surface area contributed by atoms with Crippen molar-refractivity contribution >= 4 is 0 Å². The van der Waals surface area contributed by atoms with Gasteiger partial charge in [0, 0.05) is 37.1 Å². The fourth-order valence-corrected chi connectivity index (χ4v) is 1.49. The molecule has 15 heavy (non-hydrogen) atoms. The number of aromatic nitrogens is 3. The van der Waals surface area contributed by atoms with Crippen molar-refractivity contribution in [1.29, 1.82) is 0 Å². The highest BCUT2D eigenvalue weighted by Crippen LogP contribution is 2.16. The third-order valence-corrected chi connectivity index (χ3v) is 2.23. The van der Waals surface area contributed by atoms with Gasteiger partial charge in [-0.2, -0.15) is 5.10 Å². The van der Waals surface area contributed by atoms with Gasteiger partial charge >= 0.3 is 0 Å². The maximum Gasteiger partial charge on any atom is 0.0924 e. The Balaban J connectivity index is 2.32. The topological polar surface area (TPSA) is 56.7 Å². The van der Waals surface area contributed by atoms with Crippen molar-refractivity contribution in [2.45, 2.75) is 6.42 Å². The van der Waals surface area contributed by atoms with E-state index in [4.69, 9.17) is 5.73 Å². The monoisotopic (exact) mass is 202 g/mol. The molecule has 0 aliphatic carbocycles. The van der Waals surface area contributed by atoms with Gasteiger partial charge < -0.3 is 5.73 Å². The molecule has 2 heterocycles. The summed E-state index contributed by atoms with van der Waals surface area (Å²) >= 11 is 0. The molecular weight excluding hydrogens is 188 g/mol. The summed E-state index contributed by atoms with van der Waals surface area (Å²) < 4.78 is 1.79. The molecule has 0 unspecified atom stereocenters. The summed E-state index contributed by atoms with van der Waals surface area (Å²) in [5.74, 6) is 0. The number of hydrogen-bond acceptors (Lipinski definition) is 3. The van der Waals surface area contributed by atoms with Crippen molar-refractivity contribution in [3.05, 3.63) is 36.3 Å². The number of nitrogens with two attached hydrogens (primary N) is 1. The summed E-state index contributed by atoms with van der Waals surface area (Å²) in [5, 5.41) is 4.34. The molecule has 0 radical (unpaired) electrons. The molecule has 0 aliphatic rings. The zero-order valence-corrected chi connectivity index (χ0v) is 8.72. The Morgan fingerprint density at radius 3 is 2.93 bits per heavy atom. The van der Waals surface area contributed by atoms with Crippen LogP contribution >= 0.6 is 0 Å². The molecule has 2 N–H and O–H groups in total. The molecule has 78 valence electrons. The Bertz CT molecular complexity index is 447. The van der Waals surface area contributed by atoms with Crippen LogP contribution in [0.25, 0.3) is 11.3 Å². The smallest absolute Gasteiger partial charge is 0.0924 e. The second kappa shape index (κ2) is 4.23. The largest absolute Gasteiger partial charge is 0.330 e. The Morgan fingerprint density at radius 2 is 2.27 bits per heavy atom. The van der Waals surface area contributed by atoms with Crippen LogP contribution in [0, 0.1) is 0 Å². The third-order valence-electron chi connectivity index (χ3n) is 2.23. The molecular formula is C11H14N4. The molecule has 0 atom stereocenters. The Kier molecular flexibility index (Phi) is 2.78. The van der Waals surface area contributed by atoms with Crippen LogP contribution in [0.5, 0.6) is 0 Å². The molecule has 0 saturated heterocycles. The Morgan fingerprint density at radius 1 is 1.40 bits per heavy atom. The van der Waals surface area contributed by atoms with Crippen molar-refractivity contribution in [2.75, 3.05) is 6.54 Å². The van der Waals surface area contributed by atoms with Crippen molar-refractivity contribution < 1.29 is 0 Å². The van der Waals surface area contributed by atoms with Crippen LogP contribution in [-0.2, 0) is 13.5 Å². The molecule has 2 aromatic rings. The lowest BCUT2D eigenvalue weighted by Gasteiger charge is -2.00. The number of rotatable bonds is 3. The number of hydrogen-bond donors (Lipinski definition) is 1. The molecule has 0 aliphatic heterocycles. The van der Waals surface area contributed by atoms with Gasteiger partial charge in [0.1, 0.15) is 0 Å². The first kappa shape index (κ1) is 9.86. The van der Waals surface area contributed by atoms with Gasteiger partial charge in [-0.3, -0.25) is 9.67 Å². The maximum atomic E-state index is 5.49. The second-order valence-electron chi connectivity index (χ2n) is 3.45. The van der Waals surface area contributed by atoms with Crippen LogP contribution in [0.2, 0.25) is 0 Å². The quantitative estimate of drug-likeness (QED) is 0.807. The van der Waals surface area contributed by atoms with E-state index in [-0.39, 0.29) is 0 Å². The molecule has 0 amide bonds. The van der Waals surface area contributed by atoms with Gasteiger partial charge in [-0.15, -0.1) is 0 Å². The molecule has 2 rings (SSSR count). The van der Waals surface area contributed by atoms with E-state index in [0.29, 0.717) is 6.54 Å². The lowest BCUT2D eigenvalue weighted by Crippen LogP contribution is -2.04. The minimum atomic E-state index is 0.624. The highest BCUT2D eigenvalue weighted by molar-refractivity contribution is 5.58. The molecule has 2 aromatic heterocycles. The molecule has 0 bridgehead atoms. The zero-order chi connectivity index (χ0) is 10.7. The number of pyridine rings is 1. The SMILES string of the molecule is Cn1ccc(-c2ccnc(CCN)c2)n1. The first-order valence-corrected chi connectivity index (χ1v) is 4.94. The van der Waals surface area contributed by atoms with Crippen LogP contribution in [0.3, 0.4) is 0 Å². The summed E-state index contributed by atoms with van der Waals surface area (Å²) in [6.07, 6.45) is 4.54. The molecule has 0 saturated carbocycles. The van der Waals surface area contributed by atoms with Gasteiger partial charge in [0.2, 0.25) is 0 Å². The van der Waals surface area contributed by atoms with Crippen molar-refractivity contribution in [3.8, 4) is 11.3 Å². The minimum absolute atomic E-state index is 0.624. The van der Waals surface area contributed by atoms with Gasteiger partial charge in [-0.1, -0.05) is 0 Å². The summed E-state index contributed by atoms with van der Waals surface area (Å²) in [7, 11) is 1.91. The standard InChI is InChI=1S/C11H14N4/c1-15-7-4-11(14-15)9-3-6-13-10(8-9)2-5-12/h3-4,6-8H,2,5,12H2,1H3. The first-order valence-electron chi connectivity index (χ1n) is 4.94. The predicted octanol–water partition coefficient (Wildman–Crippen LogP) is 0.983. The maximum absolute atomic E-state index is 5.49. The normalized spacial score (nSPS) is 10.5. The average Bonchev–Trinajstić information content (AvgIpc) is 2.66. The van der Waals surface area contributed by atoms with Crippen LogP contribution in [0.4, 0.5) is 0 Å².